The van der Waals surface area contributed by atoms with Crippen LogP contribution >= 0.6 is 0 Å². The highest BCUT2D eigenvalue weighted by atomic mass is 19.4. The van der Waals surface area contributed by atoms with Crippen LogP contribution in [0.2, 0.25) is 0 Å². The van der Waals surface area contributed by atoms with E-state index in [2.05, 4.69) is 19.6 Å². The topological polar surface area (TPSA) is 81.4 Å². The Hall–Kier alpha value is -2.65. The van der Waals surface area contributed by atoms with Gasteiger partial charge in [-0.15, -0.1) is 0 Å². The van der Waals surface area contributed by atoms with Crippen LogP contribution in [0.15, 0.2) is 22.9 Å². The molecule has 2 aromatic heterocycles. The lowest BCUT2D eigenvalue weighted by Crippen LogP contribution is -2.33. The van der Waals surface area contributed by atoms with Gasteiger partial charge in [0.15, 0.2) is 0 Å². The van der Waals surface area contributed by atoms with Gasteiger partial charge in [-0.2, -0.15) is 18.2 Å². The maximum absolute atomic E-state index is 12.5. The summed E-state index contributed by atoms with van der Waals surface area (Å²) in [6, 6.07) is 3.02. The molecule has 1 amide bonds. The van der Waals surface area contributed by atoms with Crippen LogP contribution in [0, 0.1) is 5.92 Å². The fourth-order valence-corrected chi connectivity index (χ4v) is 2.60. The fraction of sp³-hybridized carbons (Fsp3) is 0.500. The summed E-state index contributed by atoms with van der Waals surface area (Å²) in [4.78, 5) is 21.1. The smallest absolute Gasteiger partial charge is 0.471 e. The molecule has 0 unspecified atom stereocenters. The van der Waals surface area contributed by atoms with Crippen LogP contribution in [0.3, 0.4) is 0 Å². The molecule has 2 aromatic rings. The number of carbonyl (C=O) groups is 1. The molecule has 10 heteroatoms. The number of amides is 1. The monoisotopic (exact) mass is 370 g/mol. The van der Waals surface area contributed by atoms with Gasteiger partial charge in [-0.05, 0) is 6.07 Å². The molecule has 1 aliphatic rings. The molecular formula is C16H17F3N4O3. The first-order valence-electron chi connectivity index (χ1n) is 8.07. The second-order valence-electron chi connectivity index (χ2n) is 6.27. The number of halogens is 3. The number of hydrogen-bond acceptors (Lipinski definition) is 6. The molecule has 26 heavy (non-hydrogen) atoms. The average Bonchev–Trinajstić information content (AvgIpc) is 3.24. The van der Waals surface area contributed by atoms with Crippen molar-refractivity contribution >= 4 is 5.91 Å². The van der Waals surface area contributed by atoms with Gasteiger partial charge in [0.05, 0.1) is 6.54 Å². The first kappa shape index (κ1) is 18.2. The van der Waals surface area contributed by atoms with E-state index in [1.54, 1.807) is 4.90 Å². The van der Waals surface area contributed by atoms with E-state index < -0.39 is 12.1 Å². The van der Waals surface area contributed by atoms with Gasteiger partial charge in [0.1, 0.15) is 6.10 Å². The highest BCUT2D eigenvalue weighted by molar-refractivity contribution is 5.78. The van der Waals surface area contributed by atoms with Crippen molar-refractivity contribution in [2.75, 3.05) is 13.1 Å². The second kappa shape index (κ2) is 6.93. The van der Waals surface area contributed by atoms with E-state index in [1.807, 2.05) is 13.8 Å². The quantitative estimate of drug-likeness (QED) is 0.823. The van der Waals surface area contributed by atoms with Gasteiger partial charge in [0.25, 0.3) is 0 Å². The summed E-state index contributed by atoms with van der Waals surface area (Å²) in [7, 11) is 0. The minimum Gasteiger partial charge on any atom is -0.472 e. The largest absolute Gasteiger partial charge is 0.472 e. The number of likely N-dealkylation sites (tertiary alicyclic amines) is 1. The number of ether oxygens (including phenoxy) is 1. The number of nitrogens with zero attached hydrogens (tertiary/aromatic N) is 4. The van der Waals surface area contributed by atoms with Crippen LogP contribution in [0.5, 0.6) is 5.88 Å². The Morgan fingerprint density at radius 3 is 2.73 bits per heavy atom. The minimum atomic E-state index is -4.69. The zero-order valence-corrected chi connectivity index (χ0v) is 14.2. The molecule has 3 rings (SSSR count). The van der Waals surface area contributed by atoms with E-state index in [1.165, 1.54) is 18.3 Å². The summed E-state index contributed by atoms with van der Waals surface area (Å²) in [5, 5.41) is 3.30. The fourth-order valence-electron chi connectivity index (χ4n) is 2.60. The Morgan fingerprint density at radius 1 is 1.38 bits per heavy atom. The SMILES string of the molecule is CC(C)C(=O)N1CC[C@H](Oc2ccc(-c3noc(C(F)(F)F)n3)cn2)C1. The van der Waals surface area contributed by atoms with Crippen molar-refractivity contribution in [3.8, 4) is 17.3 Å². The van der Waals surface area contributed by atoms with Gasteiger partial charge in [0, 0.05) is 36.7 Å². The van der Waals surface area contributed by atoms with Gasteiger partial charge in [-0.25, -0.2) is 4.98 Å². The standard InChI is InChI=1S/C16H17F3N4O3/c1-9(2)14(24)23-6-5-11(8-23)25-12-4-3-10(7-20-12)13-21-15(26-22-13)16(17,18)19/h3-4,7,9,11H,5-6,8H2,1-2H3/t11-/m0/s1. The molecular weight excluding hydrogens is 353 g/mol. The van der Waals surface area contributed by atoms with Crippen molar-refractivity contribution in [1.82, 2.24) is 20.0 Å². The van der Waals surface area contributed by atoms with Crippen molar-refractivity contribution in [2.45, 2.75) is 32.5 Å². The van der Waals surface area contributed by atoms with E-state index in [-0.39, 0.29) is 29.3 Å². The third kappa shape index (κ3) is 3.94. The Kier molecular flexibility index (Phi) is 4.84. The number of aromatic nitrogens is 3. The Labute approximate surface area is 147 Å². The van der Waals surface area contributed by atoms with Crippen LogP contribution < -0.4 is 4.74 Å². The minimum absolute atomic E-state index is 0.0669. The van der Waals surface area contributed by atoms with Crippen LogP contribution in [0.25, 0.3) is 11.4 Å². The molecule has 1 aliphatic heterocycles. The number of hydrogen-bond donors (Lipinski definition) is 0. The van der Waals surface area contributed by atoms with E-state index in [0.29, 0.717) is 25.4 Å². The molecule has 140 valence electrons. The molecule has 0 aromatic carbocycles. The molecule has 1 fully saturated rings. The summed E-state index contributed by atoms with van der Waals surface area (Å²) >= 11 is 0. The van der Waals surface area contributed by atoms with Gasteiger partial charge in [-0.3, -0.25) is 4.79 Å². The van der Waals surface area contributed by atoms with E-state index in [0.717, 1.165) is 0 Å². The number of rotatable bonds is 4. The van der Waals surface area contributed by atoms with Crippen molar-refractivity contribution in [3.05, 3.63) is 24.2 Å². The Morgan fingerprint density at radius 2 is 2.15 bits per heavy atom. The third-order valence-electron chi connectivity index (χ3n) is 3.90. The summed E-state index contributed by atoms with van der Waals surface area (Å²) in [5.41, 5.74) is 0.277. The van der Waals surface area contributed by atoms with Gasteiger partial charge >= 0.3 is 12.1 Å². The number of pyridine rings is 1. The lowest BCUT2D eigenvalue weighted by atomic mass is 10.2. The van der Waals surface area contributed by atoms with E-state index in [4.69, 9.17) is 4.74 Å². The first-order chi connectivity index (χ1) is 12.2. The van der Waals surface area contributed by atoms with Gasteiger partial charge in [0.2, 0.25) is 17.6 Å². The van der Waals surface area contributed by atoms with Gasteiger partial charge in [-0.1, -0.05) is 19.0 Å². The molecule has 1 atom stereocenters. The molecule has 3 heterocycles. The van der Waals surface area contributed by atoms with Crippen molar-refractivity contribution < 1.29 is 27.2 Å². The summed E-state index contributed by atoms with van der Waals surface area (Å²) < 4.78 is 47.4. The summed E-state index contributed by atoms with van der Waals surface area (Å²) in [5.74, 6) is -1.28. The Bertz CT molecular complexity index is 774. The molecule has 0 saturated carbocycles. The highest BCUT2D eigenvalue weighted by Crippen LogP contribution is 2.29. The predicted molar refractivity (Wildman–Crippen MR) is 83.0 cm³/mol. The molecule has 0 bridgehead atoms. The maximum atomic E-state index is 12.5. The van der Waals surface area contributed by atoms with Crippen LogP contribution in [0.1, 0.15) is 26.2 Å². The predicted octanol–water partition coefficient (Wildman–Crippen LogP) is 2.79. The summed E-state index contributed by atoms with van der Waals surface area (Å²) in [6.07, 6.45) is -2.85. The van der Waals surface area contributed by atoms with Crippen LogP contribution in [-0.2, 0) is 11.0 Å². The van der Waals surface area contributed by atoms with Crippen LogP contribution in [0.4, 0.5) is 13.2 Å². The lowest BCUT2D eigenvalue weighted by molar-refractivity contribution is -0.159. The Balaban J connectivity index is 1.62. The number of carbonyl (C=O) groups excluding carboxylic acids is 1. The third-order valence-corrected chi connectivity index (χ3v) is 3.90. The number of alkyl halides is 3. The average molecular weight is 370 g/mol. The van der Waals surface area contributed by atoms with Crippen molar-refractivity contribution in [3.63, 3.8) is 0 Å². The maximum Gasteiger partial charge on any atom is 0.471 e. The molecule has 0 N–H and O–H groups in total. The van der Waals surface area contributed by atoms with Crippen LogP contribution in [-0.4, -0.2) is 45.1 Å². The van der Waals surface area contributed by atoms with E-state index in [9.17, 15) is 18.0 Å². The first-order valence-corrected chi connectivity index (χ1v) is 8.07. The molecule has 0 aliphatic carbocycles. The molecule has 1 saturated heterocycles. The zero-order chi connectivity index (χ0) is 18.9. The van der Waals surface area contributed by atoms with Crippen molar-refractivity contribution in [1.29, 1.82) is 0 Å². The van der Waals surface area contributed by atoms with Crippen molar-refractivity contribution in [2.24, 2.45) is 5.92 Å². The molecule has 0 radical (unpaired) electrons. The zero-order valence-electron chi connectivity index (χ0n) is 14.2. The summed E-state index contributed by atoms with van der Waals surface area (Å²) in [6.45, 7) is 4.81. The molecule has 7 nitrogen and oxygen atoms in total. The van der Waals surface area contributed by atoms with E-state index >= 15 is 0 Å². The molecule has 0 spiro atoms. The normalized spacial score (nSPS) is 17.8. The lowest BCUT2D eigenvalue weighted by Gasteiger charge is -2.18. The highest BCUT2D eigenvalue weighted by Gasteiger charge is 2.38. The second-order valence-corrected chi connectivity index (χ2v) is 6.27. The van der Waals surface area contributed by atoms with Gasteiger partial charge < -0.3 is 14.2 Å².